The summed E-state index contributed by atoms with van der Waals surface area (Å²) in [4.78, 5) is 20.6. The Labute approximate surface area is 114 Å². The maximum absolute atomic E-state index is 12.0. The average Bonchev–Trinajstić information content (AvgIpc) is 2.83. The van der Waals surface area contributed by atoms with E-state index in [1.54, 1.807) is 5.38 Å². The van der Waals surface area contributed by atoms with Crippen LogP contribution >= 0.6 is 11.3 Å². The van der Waals surface area contributed by atoms with Gasteiger partial charge in [0.15, 0.2) is 17.1 Å². The van der Waals surface area contributed by atoms with Gasteiger partial charge in [0.1, 0.15) is 12.8 Å². The number of aromatic nitrogens is 1. The van der Waals surface area contributed by atoms with Crippen molar-refractivity contribution in [3.8, 4) is 0 Å². The predicted octanol–water partition coefficient (Wildman–Crippen LogP) is -0.189. The van der Waals surface area contributed by atoms with Crippen molar-refractivity contribution in [3.63, 3.8) is 0 Å². The lowest BCUT2D eigenvalue weighted by Gasteiger charge is -2.13. The fourth-order valence-corrected chi connectivity index (χ4v) is 1.76. The number of amides is 1. The van der Waals surface area contributed by atoms with Gasteiger partial charge in [0, 0.05) is 19.6 Å². The molecule has 1 amide bonds. The van der Waals surface area contributed by atoms with Crippen molar-refractivity contribution in [3.05, 3.63) is 11.1 Å². The molecule has 0 spiro atoms. The van der Waals surface area contributed by atoms with Crippen LogP contribution in [0.3, 0.4) is 0 Å². The van der Waals surface area contributed by atoms with Crippen LogP contribution in [0.25, 0.3) is 0 Å². The van der Waals surface area contributed by atoms with Crippen molar-refractivity contribution in [2.75, 3.05) is 33.6 Å². The van der Waals surface area contributed by atoms with E-state index in [4.69, 9.17) is 15.2 Å². The molecule has 1 heterocycles. The number of nitrogen functional groups attached to an aromatic ring is 1. The highest BCUT2D eigenvalue weighted by Gasteiger charge is 2.19. The molecule has 8 nitrogen and oxygen atoms in total. The summed E-state index contributed by atoms with van der Waals surface area (Å²) >= 11 is 1.21. The Morgan fingerprint density at radius 3 is 2.68 bits per heavy atom. The molecule has 9 heteroatoms. The second-order valence-electron chi connectivity index (χ2n) is 3.30. The summed E-state index contributed by atoms with van der Waals surface area (Å²) in [7, 11) is 4.30. The van der Waals surface area contributed by atoms with E-state index in [-0.39, 0.29) is 12.3 Å². The Kier molecular flexibility index (Phi) is 6.19. The number of carbonyl (C=O) groups is 1. The smallest absolute Gasteiger partial charge is 0.275 e. The number of oxime groups is 1. The van der Waals surface area contributed by atoms with Gasteiger partial charge < -0.3 is 25.4 Å². The quantitative estimate of drug-likeness (QED) is 0.409. The molecular formula is C10H16N4O4S. The van der Waals surface area contributed by atoms with Gasteiger partial charge in [-0.05, 0) is 0 Å². The molecule has 1 rings (SSSR count). The number of nitrogens with two attached hydrogens (primary N) is 1. The van der Waals surface area contributed by atoms with Gasteiger partial charge in [0.2, 0.25) is 0 Å². The third-order valence-corrected chi connectivity index (χ3v) is 2.79. The average molecular weight is 288 g/mol. The predicted molar refractivity (Wildman–Crippen MR) is 70.9 cm³/mol. The first-order valence-electron chi connectivity index (χ1n) is 5.28. The van der Waals surface area contributed by atoms with Gasteiger partial charge in [-0.15, -0.1) is 11.3 Å². The van der Waals surface area contributed by atoms with Crippen molar-refractivity contribution < 1.29 is 19.1 Å². The molecule has 1 aromatic rings. The fourth-order valence-electron chi connectivity index (χ4n) is 1.21. The summed E-state index contributed by atoms with van der Waals surface area (Å²) in [6, 6.07) is 0. The number of nitrogens with zero attached hydrogens (tertiary/aromatic N) is 2. The number of ether oxygens (including phenoxy) is 2. The van der Waals surface area contributed by atoms with E-state index in [0.717, 1.165) is 0 Å². The van der Waals surface area contributed by atoms with Crippen LogP contribution in [-0.4, -0.2) is 50.8 Å². The van der Waals surface area contributed by atoms with Crippen molar-refractivity contribution in [1.82, 2.24) is 10.3 Å². The minimum atomic E-state index is -0.534. The van der Waals surface area contributed by atoms with Gasteiger partial charge in [-0.1, -0.05) is 5.16 Å². The van der Waals surface area contributed by atoms with E-state index in [2.05, 4.69) is 20.3 Å². The molecule has 0 radical (unpaired) electrons. The molecule has 0 bridgehead atoms. The summed E-state index contributed by atoms with van der Waals surface area (Å²) < 4.78 is 9.92. The lowest BCUT2D eigenvalue weighted by atomic mass is 10.3. The largest absolute Gasteiger partial charge is 0.398 e. The first kappa shape index (κ1) is 15.3. The van der Waals surface area contributed by atoms with Crippen molar-refractivity contribution in [2.24, 2.45) is 5.16 Å². The second-order valence-corrected chi connectivity index (χ2v) is 4.19. The molecule has 0 aliphatic heterocycles. The zero-order chi connectivity index (χ0) is 14.3. The number of thiazole rings is 1. The number of hydrogen-bond acceptors (Lipinski definition) is 8. The number of methoxy groups -OCH3 is 2. The highest BCUT2D eigenvalue weighted by atomic mass is 32.1. The van der Waals surface area contributed by atoms with Gasteiger partial charge in [0.25, 0.3) is 5.91 Å². The molecule has 1 aromatic heterocycles. The standard InChI is InChI=1S/C10H16N4O4S/c1-16-7(17-2)4-12-9(15)8(14-18-3)6-5-19-10(11)13-6/h5,7H,4H2,1-3H3,(H2,11,13)(H,12,15)/b14-8-. The summed E-state index contributed by atoms with van der Waals surface area (Å²) in [5, 5.41) is 8.22. The number of rotatable bonds is 7. The molecule has 0 aliphatic rings. The Hall–Kier alpha value is -1.71. The maximum atomic E-state index is 12.0. The van der Waals surface area contributed by atoms with Crippen LogP contribution in [0.1, 0.15) is 5.69 Å². The highest BCUT2D eigenvalue weighted by molar-refractivity contribution is 7.13. The number of hydrogen-bond donors (Lipinski definition) is 2. The fraction of sp³-hybridized carbons (Fsp3) is 0.500. The van der Waals surface area contributed by atoms with Gasteiger partial charge in [-0.2, -0.15) is 0 Å². The SMILES string of the molecule is CO/N=C(\C(=O)NCC(OC)OC)c1csc(N)n1. The van der Waals surface area contributed by atoms with Crippen molar-refractivity contribution in [2.45, 2.75) is 6.29 Å². The topological polar surface area (TPSA) is 108 Å². The van der Waals surface area contributed by atoms with E-state index < -0.39 is 12.2 Å². The maximum Gasteiger partial charge on any atom is 0.275 e. The van der Waals surface area contributed by atoms with E-state index in [1.165, 1.54) is 32.7 Å². The first-order valence-corrected chi connectivity index (χ1v) is 6.16. The first-order chi connectivity index (χ1) is 9.12. The third-order valence-electron chi connectivity index (χ3n) is 2.12. The van der Waals surface area contributed by atoms with Gasteiger partial charge in [-0.25, -0.2) is 4.98 Å². The van der Waals surface area contributed by atoms with Crippen molar-refractivity contribution >= 4 is 28.1 Å². The van der Waals surface area contributed by atoms with Crippen LogP contribution in [0, 0.1) is 0 Å². The van der Waals surface area contributed by atoms with Crippen LogP contribution in [0.5, 0.6) is 0 Å². The summed E-state index contributed by atoms with van der Waals surface area (Å²) in [5.74, 6) is -0.453. The molecule has 0 aliphatic carbocycles. The van der Waals surface area contributed by atoms with Gasteiger partial charge >= 0.3 is 0 Å². The van der Waals surface area contributed by atoms with Crippen molar-refractivity contribution in [1.29, 1.82) is 0 Å². The molecule has 19 heavy (non-hydrogen) atoms. The summed E-state index contributed by atoms with van der Waals surface area (Å²) in [6.07, 6.45) is -0.534. The Bertz CT molecular complexity index is 444. The zero-order valence-electron chi connectivity index (χ0n) is 10.9. The molecule has 0 atom stereocenters. The number of nitrogens with one attached hydrogen (secondary N) is 1. The third kappa shape index (κ3) is 4.47. The minimum Gasteiger partial charge on any atom is -0.398 e. The molecular weight excluding hydrogens is 272 g/mol. The van der Waals surface area contributed by atoms with Crippen LogP contribution in [0.4, 0.5) is 5.13 Å². The van der Waals surface area contributed by atoms with E-state index in [0.29, 0.717) is 10.8 Å². The number of carbonyl (C=O) groups excluding carboxylic acids is 1. The van der Waals surface area contributed by atoms with Gasteiger partial charge in [-0.3, -0.25) is 4.79 Å². The molecule has 106 valence electrons. The van der Waals surface area contributed by atoms with E-state index in [9.17, 15) is 4.79 Å². The van der Waals surface area contributed by atoms with Crippen LogP contribution < -0.4 is 11.1 Å². The monoisotopic (exact) mass is 288 g/mol. The molecule has 0 saturated heterocycles. The number of anilines is 1. The zero-order valence-corrected chi connectivity index (χ0v) is 11.7. The Morgan fingerprint density at radius 2 is 2.21 bits per heavy atom. The second kappa shape index (κ2) is 7.67. The van der Waals surface area contributed by atoms with Crippen LogP contribution in [0.15, 0.2) is 10.5 Å². The lowest BCUT2D eigenvalue weighted by molar-refractivity contribution is -0.122. The molecule has 0 fully saturated rings. The normalized spacial score (nSPS) is 11.7. The Balaban J connectivity index is 2.72. The highest BCUT2D eigenvalue weighted by Crippen LogP contribution is 2.12. The Morgan fingerprint density at radius 1 is 1.53 bits per heavy atom. The molecule has 0 aromatic carbocycles. The van der Waals surface area contributed by atoms with E-state index in [1.807, 2.05) is 0 Å². The van der Waals surface area contributed by atoms with Crippen LogP contribution in [0.2, 0.25) is 0 Å². The van der Waals surface area contributed by atoms with Gasteiger partial charge in [0.05, 0.1) is 6.54 Å². The summed E-state index contributed by atoms with van der Waals surface area (Å²) in [6.45, 7) is 0.175. The minimum absolute atomic E-state index is 0.0430. The molecule has 3 N–H and O–H groups in total. The summed E-state index contributed by atoms with van der Waals surface area (Å²) in [5.41, 5.74) is 5.92. The van der Waals surface area contributed by atoms with E-state index >= 15 is 0 Å². The lowest BCUT2D eigenvalue weighted by Crippen LogP contribution is -2.38. The molecule has 0 unspecified atom stereocenters. The van der Waals surface area contributed by atoms with Crippen LogP contribution in [-0.2, 0) is 19.1 Å². The molecule has 0 saturated carbocycles.